The van der Waals surface area contributed by atoms with Gasteiger partial charge in [-0.25, -0.2) is 4.39 Å². The lowest BCUT2D eigenvalue weighted by atomic mass is 10.2. The highest BCUT2D eigenvalue weighted by atomic mass is 32.1. The van der Waals surface area contributed by atoms with Crippen LogP contribution in [0.4, 0.5) is 10.1 Å². The maximum Gasteiger partial charge on any atom is 0.286 e. The van der Waals surface area contributed by atoms with Crippen molar-refractivity contribution in [1.82, 2.24) is 15.1 Å². The lowest BCUT2D eigenvalue weighted by Gasteiger charge is -2.22. The molecule has 2 amide bonds. The highest BCUT2D eigenvalue weighted by molar-refractivity contribution is 7.13. The average Bonchev–Trinajstić information content (AvgIpc) is 3.44. The maximum atomic E-state index is 13.0. The zero-order valence-electron chi connectivity index (χ0n) is 14.8. The van der Waals surface area contributed by atoms with E-state index < -0.39 is 5.91 Å². The first-order valence-corrected chi connectivity index (χ1v) is 10.5. The maximum absolute atomic E-state index is 13.0. The third kappa shape index (κ3) is 4.10. The van der Waals surface area contributed by atoms with Crippen LogP contribution in [0.3, 0.4) is 0 Å². The summed E-state index contributed by atoms with van der Waals surface area (Å²) in [7, 11) is 0. The SMILES string of the molecule is O=C(Nc1ccc(F)cc1)c1nnc([C@@H]2CCCN2C(=O)Cc2cccs2)s1. The van der Waals surface area contributed by atoms with Gasteiger partial charge < -0.3 is 10.2 Å². The third-order valence-corrected chi connectivity index (χ3v) is 6.40. The van der Waals surface area contributed by atoms with Gasteiger partial charge in [0, 0.05) is 17.1 Å². The number of carbonyl (C=O) groups excluding carboxylic acids is 2. The molecular weight excluding hydrogens is 399 g/mol. The number of benzene rings is 1. The van der Waals surface area contributed by atoms with E-state index in [0.29, 0.717) is 23.7 Å². The minimum Gasteiger partial charge on any atom is -0.333 e. The Morgan fingerprint density at radius 2 is 2.04 bits per heavy atom. The van der Waals surface area contributed by atoms with Gasteiger partial charge in [-0.2, -0.15) is 0 Å². The highest BCUT2D eigenvalue weighted by Crippen LogP contribution is 2.34. The van der Waals surface area contributed by atoms with Gasteiger partial charge in [0.1, 0.15) is 10.8 Å². The molecule has 3 aromatic rings. The summed E-state index contributed by atoms with van der Waals surface area (Å²) in [5.41, 5.74) is 0.483. The van der Waals surface area contributed by atoms with E-state index in [1.54, 1.807) is 11.3 Å². The second kappa shape index (κ2) is 8.15. The summed E-state index contributed by atoms with van der Waals surface area (Å²) < 4.78 is 13.0. The van der Waals surface area contributed by atoms with Gasteiger partial charge in [-0.3, -0.25) is 9.59 Å². The van der Waals surface area contributed by atoms with E-state index in [0.717, 1.165) is 17.7 Å². The van der Waals surface area contributed by atoms with Gasteiger partial charge in [-0.05, 0) is 48.6 Å². The zero-order chi connectivity index (χ0) is 19.5. The molecule has 0 spiro atoms. The van der Waals surface area contributed by atoms with Crippen molar-refractivity contribution in [2.24, 2.45) is 0 Å². The van der Waals surface area contributed by atoms with Gasteiger partial charge in [0.15, 0.2) is 0 Å². The van der Waals surface area contributed by atoms with Crippen molar-refractivity contribution in [2.45, 2.75) is 25.3 Å². The summed E-state index contributed by atoms with van der Waals surface area (Å²) >= 11 is 2.76. The Bertz CT molecular complexity index is 972. The first kappa shape index (κ1) is 18.7. The van der Waals surface area contributed by atoms with Gasteiger partial charge in [0.05, 0.1) is 12.5 Å². The standard InChI is InChI=1S/C19H17FN4O2S2/c20-12-5-7-13(8-6-12)21-17(26)19-23-22-18(28-19)15-4-1-9-24(15)16(25)11-14-3-2-10-27-14/h2-3,5-8,10,15H,1,4,9,11H2,(H,21,26)/t15-/m0/s1. The Balaban J connectivity index is 1.44. The van der Waals surface area contributed by atoms with Crippen LogP contribution in [0, 0.1) is 5.82 Å². The normalized spacial score (nSPS) is 16.3. The molecule has 0 unspecified atom stereocenters. The molecule has 0 radical (unpaired) electrons. The summed E-state index contributed by atoms with van der Waals surface area (Å²) in [6, 6.07) is 9.27. The van der Waals surface area contributed by atoms with E-state index >= 15 is 0 Å². The van der Waals surface area contributed by atoms with E-state index in [4.69, 9.17) is 0 Å². The largest absolute Gasteiger partial charge is 0.333 e. The number of hydrogen-bond acceptors (Lipinski definition) is 6. The summed E-state index contributed by atoms with van der Waals surface area (Å²) in [5.74, 6) is -0.702. The fraction of sp³-hybridized carbons (Fsp3) is 0.263. The number of nitrogens with zero attached hydrogens (tertiary/aromatic N) is 3. The van der Waals surface area contributed by atoms with Crippen LogP contribution < -0.4 is 5.32 Å². The van der Waals surface area contributed by atoms with Crippen LogP contribution in [0.25, 0.3) is 0 Å². The van der Waals surface area contributed by atoms with Crippen LogP contribution in [0.2, 0.25) is 0 Å². The van der Waals surface area contributed by atoms with E-state index in [1.165, 1.54) is 35.6 Å². The number of halogens is 1. The molecule has 1 aliphatic rings. The number of anilines is 1. The van der Waals surface area contributed by atoms with Crippen molar-refractivity contribution >= 4 is 40.2 Å². The van der Waals surface area contributed by atoms with Crippen molar-refractivity contribution in [3.63, 3.8) is 0 Å². The zero-order valence-corrected chi connectivity index (χ0v) is 16.4. The number of aromatic nitrogens is 2. The lowest BCUT2D eigenvalue weighted by molar-refractivity contribution is -0.131. The van der Waals surface area contributed by atoms with E-state index in [-0.39, 0.29) is 22.8 Å². The van der Waals surface area contributed by atoms with Gasteiger partial charge >= 0.3 is 0 Å². The molecule has 2 aromatic heterocycles. The molecular formula is C19H17FN4O2S2. The van der Waals surface area contributed by atoms with Gasteiger partial charge in [-0.1, -0.05) is 17.4 Å². The Morgan fingerprint density at radius 1 is 1.21 bits per heavy atom. The molecule has 1 saturated heterocycles. The van der Waals surface area contributed by atoms with Crippen LogP contribution in [0.1, 0.15) is 38.6 Å². The smallest absolute Gasteiger partial charge is 0.286 e. The molecule has 3 heterocycles. The predicted octanol–water partition coefficient (Wildman–Crippen LogP) is 3.90. The first-order valence-electron chi connectivity index (χ1n) is 8.82. The average molecular weight is 417 g/mol. The minimum absolute atomic E-state index is 0.0671. The number of likely N-dealkylation sites (tertiary alicyclic amines) is 1. The van der Waals surface area contributed by atoms with Crippen molar-refractivity contribution in [1.29, 1.82) is 0 Å². The van der Waals surface area contributed by atoms with Gasteiger partial charge in [-0.15, -0.1) is 21.5 Å². The number of nitrogens with one attached hydrogen (secondary N) is 1. The molecule has 1 fully saturated rings. The quantitative estimate of drug-likeness (QED) is 0.685. The molecule has 0 bridgehead atoms. The van der Waals surface area contributed by atoms with Crippen LogP contribution in [0.5, 0.6) is 0 Å². The minimum atomic E-state index is -0.398. The van der Waals surface area contributed by atoms with Crippen molar-refractivity contribution in [2.75, 3.05) is 11.9 Å². The van der Waals surface area contributed by atoms with E-state index in [9.17, 15) is 14.0 Å². The lowest BCUT2D eigenvalue weighted by Crippen LogP contribution is -2.31. The van der Waals surface area contributed by atoms with Crippen molar-refractivity contribution < 1.29 is 14.0 Å². The summed E-state index contributed by atoms with van der Waals surface area (Å²) in [5, 5.41) is 13.7. The van der Waals surface area contributed by atoms with E-state index in [2.05, 4.69) is 15.5 Å². The first-order chi connectivity index (χ1) is 13.6. The van der Waals surface area contributed by atoms with Crippen molar-refractivity contribution in [3.8, 4) is 0 Å². The topological polar surface area (TPSA) is 75.2 Å². The second-order valence-electron chi connectivity index (χ2n) is 6.41. The number of rotatable bonds is 5. The summed E-state index contributed by atoms with van der Waals surface area (Å²) in [4.78, 5) is 27.9. The summed E-state index contributed by atoms with van der Waals surface area (Å²) in [6.45, 7) is 0.686. The molecule has 1 N–H and O–H groups in total. The number of carbonyl (C=O) groups is 2. The monoisotopic (exact) mass is 416 g/mol. The third-order valence-electron chi connectivity index (χ3n) is 4.50. The van der Waals surface area contributed by atoms with Crippen LogP contribution in [-0.2, 0) is 11.2 Å². The van der Waals surface area contributed by atoms with Gasteiger partial charge in [0.25, 0.3) is 5.91 Å². The Morgan fingerprint density at radius 3 is 2.79 bits per heavy atom. The Kier molecular flexibility index (Phi) is 5.45. The molecule has 0 saturated carbocycles. The second-order valence-corrected chi connectivity index (χ2v) is 8.45. The molecule has 1 aromatic carbocycles. The van der Waals surface area contributed by atoms with Crippen LogP contribution in [-0.4, -0.2) is 33.5 Å². The highest BCUT2D eigenvalue weighted by Gasteiger charge is 2.33. The van der Waals surface area contributed by atoms with Crippen molar-refractivity contribution in [3.05, 3.63) is 62.5 Å². The number of thiophene rings is 1. The Hall–Kier alpha value is -2.65. The summed E-state index contributed by atoms with van der Waals surface area (Å²) in [6.07, 6.45) is 2.09. The molecule has 1 aliphatic heterocycles. The molecule has 6 nitrogen and oxygen atoms in total. The van der Waals surface area contributed by atoms with Gasteiger partial charge in [0.2, 0.25) is 10.9 Å². The van der Waals surface area contributed by atoms with Crippen LogP contribution in [0.15, 0.2) is 41.8 Å². The fourth-order valence-corrected chi connectivity index (χ4v) is 4.75. The molecule has 28 heavy (non-hydrogen) atoms. The Labute approximate surface area is 169 Å². The predicted molar refractivity (Wildman–Crippen MR) is 106 cm³/mol. The van der Waals surface area contributed by atoms with E-state index in [1.807, 2.05) is 22.4 Å². The molecule has 144 valence electrons. The molecule has 9 heteroatoms. The molecule has 1 atom stereocenters. The number of amides is 2. The van der Waals surface area contributed by atoms with Crippen LogP contribution >= 0.6 is 22.7 Å². The molecule has 4 rings (SSSR count). The number of hydrogen-bond donors (Lipinski definition) is 1. The molecule has 0 aliphatic carbocycles. The fourth-order valence-electron chi connectivity index (χ4n) is 3.16.